The highest BCUT2D eigenvalue weighted by atomic mass is 35.5. The number of halogens is 1. The maximum atomic E-state index is 11.8. The van der Waals surface area contributed by atoms with Crippen LogP contribution in [0.4, 0.5) is 10.5 Å². The van der Waals surface area contributed by atoms with Gasteiger partial charge in [-0.15, -0.1) is 0 Å². The number of hydrogen-bond donors (Lipinski definition) is 2. The van der Waals surface area contributed by atoms with Crippen molar-refractivity contribution in [2.45, 2.75) is 13.3 Å². The molecule has 0 radical (unpaired) electrons. The summed E-state index contributed by atoms with van der Waals surface area (Å²) in [4.78, 5) is 11.8. The second kappa shape index (κ2) is 6.96. The van der Waals surface area contributed by atoms with Gasteiger partial charge in [-0.3, -0.25) is 0 Å². The van der Waals surface area contributed by atoms with Crippen LogP contribution in [0.3, 0.4) is 0 Å². The molecular formula is C16H17ClN2O. The van der Waals surface area contributed by atoms with Crippen LogP contribution in [0.5, 0.6) is 0 Å². The smallest absolute Gasteiger partial charge is 0.319 e. The van der Waals surface area contributed by atoms with Crippen molar-refractivity contribution in [3.05, 3.63) is 64.7 Å². The normalized spacial score (nSPS) is 10.1. The third kappa shape index (κ3) is 4.00. The number of hydrogen-bond acceptors (Lipinski definition) is 1. The fourth-order valence-corrected chi connectivity index (χ4v) is 2.11. The summed E-state index contributed by atoms with van der Waals surface area (Å²) in [6.45, 7) is 2.65. The van der Waals surface area contributed by atoms with Crippen molar-refractivity contribution in [2.75, 3.05) is 11.9 Å². The second-order valence-electron chi connectivity index (χ2n) is 4.54. The first kappa shape index (κ1) is 14.4. The van der Waals surface area contributed by atoms with Crippen molar-refractivity contribution < 1.29 is 4.79 Å². The molecule has 2 amide bonds. The number of rotatable bonds is 4. The summed E-state index contributed by atoms with van der Waals surface area (Å²) < 4.78 is 0. The number of carbonyl (C=O) groups is 1. The molecule has 2 rings (SSSR count). The van der Waals surface area contributed by atoms with Gasteiger partial charge in [0.25, 0.3) is 0 Å². The minimum absolute atomic E-state index is 0.244. The Hall–Kier alpha value is -2.00. The summed E-state index contributed by atoms with van der Waals surface area (Å²) in [5, 5.41) is 6.08. The van der Waals surface area contributed by atoms with Gasteiger partial charge in [-0.05, 0) is 36.6 Å². The van der Waals surface area contributed by atoms with Gasteiger partial charge in [0.2, 0.25) is 0 Å². The van der Waals surface area contributed by atoms with E-state index >= 15 is 0 Å². The van der Waals surface area contributed by atoms with E-state index in [2.05, 4.69) is 29.7 Å². The number of carbonyl (C=O) groups excluding carboxylic acids is 1. The highest BCUT2D eigenvalue weighted by Gasteiger charge is 2.04. The lowest BCUT2D eigenvalue weighted by molar-refractivity contribution is 0.252. The third-order valence-corrected chi connectivity index (χ3v) is 3.39. The van der Waals surface area contributed by atoms with Crippen LogP contribution in [-0.4, -0.2) is 12.6 Å². The van der Waals surface area contributed by atoms with E-state index in [0.717, 1.165) is 6.42 Å². The van der Waals surface area contributed by atoms with Crippen LogP contribution >= 0.6 is 11.6 Å². The van der Waals surface area contributed by atoms with Crippen LogP contribution in [0, 0.1) is 6.92 Å². The molecule has 0 bridgehead atoms. The minimum Gasteiger partial charge on any atom is -0.338 e. The first-order valence-electron chi connectivity index (χ1n) is 6.50. The van der Waals surface area contributed by atoms with Crippen molar-refractivity contribution in [2.24, 2.45) is 0 Å². The average molecular weight is 289 g/mol. The number of nitrogens with one attached hydrogen (secondary N) is 2. The zero-order valence-electron chi connectivity index (χ0n) is 11.3. The molecule has 4 heteroatoms. The van der Waals surface area contributed by atoms with E-state index in [9.17, 15) is 4.79 Å². The zero-order chi connectivity index (χ0) is 14.4. The standard InChI is InChI=1S/C16H17ClN2O/c1-12-6-2-3-7-13(12)10-11-18-16(20)19-15-9-5-4-8-14(15)17/h2-9H,10-11H2,1H3,(H2,18,19,20). The molecule has 0 saturated carbocycles. The van der Waals surface area contributed by atoms with Crippen LogP contribution in [-0.2, 0) is 6.42 Å². The first-order valence-corrected chi connectivity index (χ1v) is 6.88. The number of benzene rings is 2. The molecule has 20 heavy (non-hydrogen) atoms. The Bertz CT molecular complexity index is 599. The molecule has 0 saturated heterocycles. The third-order valence-electron chi connectivity index (χ3n) is 3.06. The molecular weight excluding hydrogens is 272 g/mol. The number of amides is 2. The molecule has 0 aliphatic rings. The van der Waals surface area contributed by atoms with Crippen molar-refractivity contribution in [1.29, 1.82) is 0 Å². The molecule has 2 aromatic rings. The molecule has 0 atom stereocenters. The SMILES string of the molecule is Cc1ccccc1CCNC(=O)Nc1ccccc1Cl. The van der Waals surface area contributed by atoms with Gasteiger partial charge in [0, 0.05) is 6.54 Å². The Morgan fingerprint density at radius 2 is 1.80 bits per heavy atom. The summed E-state index contributed by atoms with van der Waals surface area (Å²) in [5.41, 5.74) is 3.09. The lowest BCUT2D eigenvalue weighted by Gasteiger charge is -2.09. The minimum atomic E-state index is -0.244. The van der Waals surface area contributed by atoms with Gasteiger partial charge in [0.15, 0.2) is 0 Å². The van der Waals surface area contributed by atoms with Crippen LogP contribution in [0.1, 0.15) is 11.1 Å². The molecule has 3 nitrogen and oxygen atoms in total. The van der Waals surface area contributed by atoms with E-state index in [1.165, 1.54) is 11.1 Å². The molecule has 2 N–H and O–H groups in total. The Morgan fingerprint density at radius 3 is 2.55 bits per heavy atom. The van der Waals surface area contributed by atoms with Gasteiger partial charge in [-0.25, -0.2) is 4.79 Å². The second-order valence-corrected chi connectivity index (χ2v) is 4.94. The Morgan fingerprint density at radius 1 is 1.10 bits per heavy atom. The van der Waals surface area contributed by atoms with Crippen LogP contribution in [0.25, 0.3) is 0 Å². The van der Waals surface area contributed by atoms with E-state index in [1.54, 1.807) is 12.1 Å². The van der Waals surface area contributed by atoms with Gasteiger partial charge in [0.05, 0.1) is 10.7 Å². The number of aryl methyl sites for hydroxylation is 1. The topological polar surface area (TPSA) is 41.1 Å². The molecule has 0 spiro atoms. The van der Waals surface area contributed by atoms with Crippen molar-refractivity contribution >= 4 is 23.3 Å². The average Bonchev–Trinajstić information content (AvgIpc) is 2.43. The van der Waals surface area contributed by atoms with Gasteiger partial charge in [0.1, 0.15) is 0 Å². The number of urea groups is 1. The van der Waals surface area contributed by atoms with Crippen molar-refractivity contribution in [1.82, 2.24) is 5.32 Å². The van der Waals surface area contributed by atoms with Crippen LogP contribution in [0.15, 0.2) is 48.5 Å². The molecule has 0 heterocycles. The fraction of sp³-hybridized carbons (Fsp3) is 0.188. The molecule has 0 fully saturated rings. The quantitative estimate of drug-likeness (QED) is 0.877. The fourth-order valence-electron chi connectivity index (χ4n) is 1.93. The number of para-hydroxylation sites is 1. The molecule has 0 aliphatic heterocycles. The first-order chi connectivity index (χ1) is 9.66. The molecule has 2 aromatic carbocycles. The maximum Gasteiger partial charge on any atom is 0.319 e. The Labute approximate surface area is 124 Å². The largest absolute Gasteiger partial charge is 0.338 e. The van der Waals surface area contributed by atoms with E-state index < -0.39 is 0 Å². The maximum absolute atomic E-state index is 11.8. The highest BCUT2D eigenvalue weighted by Crippen LogP contribution is 2.20. The van der Waals surface area contributed by atoms with E-state index in [0.29, 0.717) is 17.3 Å². The summed E-state index contributed by atoms with van der Waals surface area (Å²) in [5.74, 6) is 0. The highest BCUT2D eigenvalue weighted by molar-refractivity contribution is 6.33. The Balaban J connectivity index is 1.82. The molecule has 104 valence electrons. The predicted octanol–water partition coefficient (Wildman–Crippen LogP) is 4.01. The number of anilines is 1. The van der Waals surface area contributed by atoms with Crippen molar-refractivity contribution in [3.63, 3.8) is 0 Å². The summed E-state index contributed by atoms with van der Waals surface area (Å²) in [7, 11) is 0. The molecule has 0 aliphatic carbocycles. The van der Waals surface area contributed by atoms with Gasteiger partial charge in [-0.2, -0.15) is 0 Å². The van der Waals surface area contributed by atoms with E-state index in [1.807, 2.05) is 24.3 Å². The predicted molar refractivity (Wildman–Crippen MR) is 83.4 cm³/mol. The lowest BCUT2D eigenvalue weighted by Crippen LogP contribution is -2.30. The monoisotopic (exact) mass is 288 g/mol. The van der Waals surface area contributed by atoms with Gasteiger partial charge >= 0.3 is 6.03 Å². The molecule has 0 aromatic heterocycles. The van der Waals surface area contributed by atoms with E-state index in [4.69, 9.17) is 11.6 Å². The zero-order valence-corrected chi connectivity index (χ0v) is 12.1. The summed E-state index contributed by atoms with van der Waals surface area (Å²) >= 11 is 5.98. The Kier molecular flexibility index (Phi) is 5.02. The lowest BCUT2D eigenvalue weighted by atomic mass is 10.1. The van der Waals surface area contributed by atoms with Crippen LogP contribution in [0.2, 0.25) is 5.02 Å². The summed E-state index contributed by atoms with van der Waals surface area (Å²) in [6.07, 6.45) is 0.808. The van der Waals surface area contributed by atoms with Gasteiger partial charge in [-0.1, -0.05) is 48.0 Å². The van der Waals surface area contributed by atoms with Crippen molar-refractivity contribution in [3.8, 4) is 0 Å². The van der Waals surface area contributed by atoms with Gasteiger partial charge < -0.3 is 10.6 Å². The van der Waals surface area contributed by atoms with Crippen LogP contribution < -0.4 is 10.6 Å². The summed E-state index contributed by atoms with van der Waals surface area (Å²) in [6, 6.07) is 15.1. The molecule has 0 unspecified atom stereocenters. The van der Waals surface area contributed by atoms with E-state index in [-0.39, 0.29) is 6.03 Å².